The average Bonchev–Trinajstić information content (AvgIpc) is 3.00. The number of carbonyl (C=O) groups excluding carboxylic acids is 1. The number of rotatable bonds is 7. The fraction of sp³-hybridized carbons (Fsp3) is 0.217. The SMILES string of the molecule is C=C/C(=C\C)C(=O)Nc1cccc([C@H](C)NC(=C/C)/N=C2\C(=C)NC=C2C)c1. The van der Waals surface area contributed by atoms with E-state index in [9.17, 15) is 4.79 Å². The van der Waals surface area contributed by atoms with Crippen molar-refractivity contribution in [3.63, 3.8) is 0 Å². The number of hydrogen-bond acceptors (Lipinski definition) is 4. The molecule has 1 atom stereocenters. The number of allylic oxidation sites excluding steroid dienone is 3. The smallest absolute Gasteiger partial charge is 0.255 e. The quantitative estimate of drug-likeness (QED) is 0.476. The molecule has 0 aromatic heterocycles. The van der Waals surface area contributed by atoms with Crippen LogP contribution in [0.5, 0.6) is 0 Å². The van der Waals surface area contributed by atoms with Crippen molar-refractivity contribution in [1.82, 2.24) is 10.6 Å². The molecule has 5 nitrogen and oxygen atoms in total. The molecular formula is C23H28N4O. The zero-order valence-corrected chi connectivity index (χ0v) is 17.0. The van der Waals surface area contributed by atoms with E-state index < -0.39 is 0 Å². The molecule has 146 valence electrons. The second kappa shape index (κ2) is 9.55. The summed E-state index contributed by atoms with van der Waals surface area (Å²) in [6, 6.07) is 7.75. The van der Waals surface area contributed by atoms with Gasteiger partial charge in [-0.15, -0.1) is 0 Å². The minimum atomic E-state index is -0.176. The molecule has 0 saturated carbocycles. The van der Waals surface area contributed by atoms with Crippen LogP contribution >= 0.6 is 0 Å². The van der Waals surface area contributed by atoms with E-state index in [1.807, 2.05) is 57.3 Å². The van der Waals surface area contributed by atoms with Crippen LogP contribution in [0.1, 0.15) is 39.3 Å². The van der Waals surface area contributed by atoms with Crippen molar-refractivity contribution >= 4 is 17.3 Å². The number of aliphatic imine (C=N–C) groups is 1. The van der Waals surface area contributed by atoms with Crippen LogP contribution in [0.4, 0.5) is 5.69 Å². The molecule has 0 saturated heterocycles. The van der Waals surface area contributed by atoms with E-state index in [1.165, 1.54) is 0 Å². The Hall–Kier alpha value is -3.34. The van der Waals surface area contributed by atoms with E-state index in [-0.39, 0.29) is 11.9 Å². The van der Waals surface area contributed by atoms with Crippen LogP contribution in [-0.2, 0) is 4.79 Å². The topological polar surface area (TPSA) is 65.5 Å². The molecule has 1 heterocycles. The summed E-state index contributed by atoms with van der Waals surface area (Å²) in [5.41, 5.74) is 4.99. The van der Waals surface area contributed by atoms with Crippen LogP contribution in [0.2, 0.25) is 0 Å². The number of carbonyl (C=O) groups is 1. The molecule has 0 radical (unpaired) electrons. The highest BCUT2D eigenvalue weighted by atomic mass is 16.1. The molecule has 0 unspecified atom stereocenters. The molecule has 1 amide bonds. The van der Waals surface area contributed by atoms with Gasteiger partial charge in [-0.1, -0.05) is 37.4 Å². The monoisotopic (exact) mass is 376 g/mol. The molecule has 0 bridgehead atoms. The summed E-state index contributed by atoms with van der Waals surface area (Å²) < 4.78 is 0. The molecule has 0 spiro atoms. The molecule has 1 aromatic carbocycles. The third-order valence-corrected chi connectivity index (χ3v) is 4.43. The van der Waals surface area contributed by atoms with Crippen LogP contribution in [-0.4, -0.2) is 11.6 Å². The summed E-state index contributed by atoms with van der Waals surface area (Å²) in [7, 11) is 0. The number of benzene rings is 1. The van der Waals surface area contributed by atoms with E-state index in [2.05, 4.69) is 41.0 Å². The van der Waals surface area contributed by atoms with Gasteiger partial charge in [0.05, 0.1) is 17.5 Å². The van der Waals surface area contributed by atoms with E-state index in [0.717, 1.165) is 34.1 Å². The van der Waals surface area contributed by atoms with Crippen molar-refractivity contribution in [1.29, 1.82) is 0 Å². The van der Waals surface area contributed by atoms with Crippen molar-refractivity contribution < 1.29 is 4.79 Å². The molecule has 0 fully saturated rings. The summed E-state index contributed by atoms with van der Waals surface area (Å²) in [5.74, 6) is 0.586. The summed E-state index contributed by atoms with van der Waals surface area (Å²) in [4.78, 5) is 16.9. The summed E-state index contributed by atoms with van der Waals surface area (Å²) in [5, 5.41) is 9.40. The number of amides is 1. The Morgan fingerprint density at radius 2 is 2.04 bits per heavy atom. The van der Waals surface area contributed by atoms with Crippen molar-refractivity contribution in [2.24, 2.45) is 4.99 Å². The molecular weight excluding hydrogens is 348 g/mol. The Morgan fingerprint density at radius 1 is 1.29 bits per heavy atom. The van der Waals surface area contributed by atoms with Gasteiger partial charge in [-0.25, -0.2) is 4.99 Å². The minimum absolute atomic E-state index is 0.0000859. The normalized spacial score (nSPS) is 17.1. The van der Waals surface area contributed by atoms with Crippen LogP contribution in [0.3, 0.4) is 0 Å². The van der Waals surface area contributed by atoms with E-state index in [0.29, 0.717) is 5.57 Å². The lowest BCUT2D eigenvalue weighted by Gasteiger charge is -2.18. The number of anilines is 1. The van der Waals surface area contributed by atoms with Gasteiger partial charge in [-0.05, 0) is 57.0 Å². The summed E-state index contributed by atoms with van der Waals surface area (Å²) in [6.45, 7) is 15.4. The standard InChI is InChI=1S/C23H28N4O/c1-7-18(8-2)23(28)26-20-12-10-11-19(13-20)16(5)25-21(9-3)27-22-15(4)14-24-17(22)6/h7-14,16,24-25H,1,6H2,2-5H3,(H,26,28)/b18-8+,21-9-,27-22-/t16-/m0/s1. The first kappa shape index (κ1) is 21.0. The van der Waals surface area contributed by atoms with Crippen LogP contribution < -0.4 is 16.0 Å². The molecule has 28 heavy (non-hydrogen) atoms. The largest absolute Gasteiger partial charge is 0.364 e. The van der Waals surface area contributed by atoms with E-state index in [1.54, 1.807) is 12.2 Å². The van der Waals surface area contributed by atoms with Crippen molar-refractivity contribution in [3.8, 4) is 0 Å². The molecule has 2 rings (SSSR count). The maximum Gasteiger partial charge on any atom is 0.255 e. The van der Waals surface area contributed by atoms with Gasteiger partial charge in [0.15, 0.2) is 0 Å². The first-order chi connectivity index (χ1) is 13.4. The average molecular weight is 377 g/mol. The third kappa shape index (κ3) is 5.10. The third-order valence-electron chi connectivity index (χ3n) is 4.43. The second-order valence-electron chi connectivity index (χ2n) is 6.48. The lowest BCUT2D eigenvalue weighted by molar-refractivity contribution is -0.112. The van der Waals surface area contributed by atoms with Crippen LogP contribution in [0, 0.1) is 0 Å². The molecule has 0 aliphatic carbocycles. The predicted octanol–water partition coefficient (Wildman–Crippen LogP) is 4.73. The number of nitrogens with zero attached hydrogens (tertiary/aromatic N) is 1. The highest BCUT2D eigenvalue weighted by Gasteiger charge is 2.15. The second-order valence-corrected chi connectivity index (χ2v) is 6.48. The summed E-state index contributed by atoms with van der Waals surface area (Å²) in [6.07, 6.45) is 7.10. The van der Waals surface area contributed by atoms with Gasteiger partial charge in [-0.3, -0.25) is 4.79 Å². The fourth-order valence-electron chi connectivity index (χ4n) is 2.76. The fourth-order valence-corrected chi connectivity index (χ4v) is 2.76. The highest BCUT2D eigenvalue weighted by molar-refractivity contribution is 6.13. The van der Waals surface area contributed by atoms with Crippen LogP contribution in [0.15, 0.2) is 89.5 Å². The lowest BCUT2D eigenvalue weighted by Crippen LogP contribution is -2.19. The van der Waals surface area contributed by atoms with Crippen molar-refractivity contribution in [2.45, 2.75) is 33.7 Å². The zero-order chi connectivity index (χ0) is 20.7. The molecule has 1 aromatic rings. The maximum absolute atomic E-state index is 12.2. The maximum atomic E-state index is 12.2. The molecule has 1 aliphatic rings. The molecule has 5 heteroatoms. The Bertz CT molecular complexity index is 903. The van der Waals surface area contributed by atoms with Gasteiger partial charge in [0, 0.05) is 17.5 Å². The lowest BCUT2D eigenvalue weighted by atomic mass is 10.1. The molecule has 3 N–H and O–H groups in total. The Morgan fingerprint density at radius 3 is 2.61 bits per heavy atom. The van der Waals surface area contributed by atoms with Gasteiger partial charge in [-0.2, -0.15) is 0 Å². The highest BCUT2D eigenvalue weighted by Crippen LogP contribution is 2.20. The number of hydrogen-bond donors (Lipinski definition) is 3. The van der Waals surface area contributed by atoms with E-state index in [4.69, 9.17) is 0 Å². The summed E-state index contributed by atoms with van der Waals surface area (Å²) >= 11 is 0. The van der Waals surface area contributed by atoms with Gasteiger partial charge < -0.3 is 16.0 Å². The molecule has 1 aliphatic heterocycles. The van der Waals surface area contributed by atoms with Gasteiger partial charge in [0.25, 0.3) is 5.91 Å². The van der Waals surface area contributed by atoms with Gasteiger partial charge in [0.1, 0.15) is 5.82 Å². The minimum Gasteiger partial charge on any atom is -0.364 e. The van der Waals surface area contributed by atoms with Gasteiger partial charge >= 0.3 is 0 Å². The first-order valence-corrected chi connectivity index (χ1v) is 9.24. The Balaban J connectivity index is 2.14. The first-order valence-electron chi connectivity index (χ1n) is 9.24. The van der Waals surface area contributed by atoms with Crippen molar-refractivity contribution in [3.05, 3.63) is 90.1 Å². The predicted molar refractivity (Wildman–Crippen MR) is 118 cm³/mol. The van der Waals surface area contributed by atoms with Gasteiger partial charge in [0.2, 0.25) is 0 Å². The van der Waals surface area contributed by atoms with Crippen LogP contribution in [0.25, 0.3) is 0 Å². The Kier molecular flexibility index (Phi) is 7.15. The zero-order valence-electron chi connectivity index (χ0n) is 17.0. The Labute approximate surface area is 167 Å². The van der Waals surface area contributed by atoms with E-state index >= 15 is 0 Å². The van der Waals surface area contributed by atoms with Crippen molar-refractivity contribution in [2.75, 3.05) is 5.32 Å². The number of nitrogens with one attached hydrogen (secondary N) is 3.